The Hall–Kier alpha value is -3.21. The second kappa shape index (κ2) is 9.74. The lowest BCUT2D eigenvalue weighted by Gasteiger charge is -2.40. The van der Waals surface area contributed by atoms with Crippen LogP contribution in [0.3, 0.4) is 0 Å². The first-order valence-electron chi connectivity index (χ1n) is 10.5. The maximum Gasteiger partial charge on any atom is 0.249 e. The number of nitrogens with one attached hydrogen (secondary N) is 1. The van der Waals surface area contributed by atoms with E-state index < -0.39 is 22.2 Å². The van der Waals surface area contributed by atoms with Crippen LogP contribution in [-0.2, 0) is 38.9 Å². The van der Waals surface area contributed by atoms with Crippen LogP contribution in [0.4, 0.5) is 5.69 Å². The van der Waals surface area contributed by atoms with Crippen molar-refractivity contribution in [2.45, 2.75) is 24.4 Å². The number of sulfonamides is 1. The smallest absolute Gasteiger partial charge is 0.249 e. The number of aliphatic hydroxyl groups is 1. The van der Waals surface area contributed by atoms with E-state index in [-0.39, 0.29) is 31.4 Å². The fraction of sp³-hybridized carbons (Fsp3) is 0.304. The number of aryl methyl sites for hydroxylation is 1. The summed E-state index contributed by atoms with van der Waals surface area (Å²) in [6.45, 7) is -0.145. The van der Waals surface area contributed by atoms with Gasteiger partial charge in [0.05, 0.1) is 24.9 Å². The zero-order chi connectivity index (χ0) is 23.4. The summed E-state index contributed by atoms with van der Waals surface area (Å²) in [5, 5.41) is 10.1. The van der Waals surface area contributed by atoms with Gasteiger partial charge in [-0.05, 0) is 23.3 Å². The van der Waals surface area contributed by atoms with Gasteiger partial charge in [0, 0.05) is 25.1 Å². The average Bonchev–Trinajstić information content (AvgIpc) is 3.20. The first kappa shape index (κ1) is 23.0. The number of carbonyl (C=O) groups is 1. The number of ether oxygens (including phenoxy) is 1. The van der Waals surface area contributed by atoms with E-state index in [1.54, 1.807) is 65.8 Å². The van der Waals surface area contributed by atoms with Crippen LogP contribution in [0.5, 0.6) is 0 Å². The molecule has 1 aliphatic heterocycles. The third-order valence-corrected chi connectivity index (χ3v) is 6.85. The Morgan fingerprint density at radius 3 is 2.52 bits per heavy atom. The molecule has 9 nitrogen and oxygen atoms in total. The SMILES string of the molecule is Cn1ccnc1CN1C(=O)CO[C@H](c2ccc(NS(=O)(=O)Cc3ccccc3)cc2)[C@H]1CO. The molecule has 2 heterocycles. The van der Waals surface area contributed by atoms with Crippen molar-refractivity contribution in [1.29, 1.82) is 0 Å². The second-order valence-electron chi connectivity index (χ2n) is 7.93. The van der Waals surface area contributed by atoms with E-state index in [1.807, 2.05) is 17.7 Å². The molecule has 33 heavy (non-hydrogen) atoms. The minimum Gasteiger partial charge on any atom is -0.394 e. The molecule has 1 fully saturated rings. The van der Waals surface area contributed by atoms with Crippen molar-refractivity contribution in [3.63, 3.8) is 0 Å². The molecule has 0 saturated carbocycles. The lowest BCUT2D eigenvalue weighted by atomic mass is 9.99. The standard InChI is InChI=1S/C23H26N4O5S/c1-26-12-11-24-21(26)13-27-20(14-28)23(32-15-22(27)29)18-7-9-19(10-8-18)25-33(30,31)16-17-5-3-2-4-6-17/h2-12,20,23,25,28H,13-16H2,1H3/t20-,23-/m1/s1. The average molecular weight is 471 g/mol. The molecule has 2 aromatic carbocycles. The zero-order valence-electron chi connectivity index (χ0n) is 18.2. The molecule has 1 aliphatic rings. The maximum absolute atomic E-state index is 12.5. The Bertz CT molecular complexity index is 1200. The van der Waals surface area contributed by atoms with Crippen molar-refractivity contribution in [3.8, 4) is 0 Å². The first-order chi connectivity index (χ1) is 15.9. The molecule has 10 heteroatoms. The van der Waals surface area contributed by atoms with Gasteiger partial charge in [-0.3, -0.25) is 9.52 Å². The number of hydrogen-bond acceptors (Lipinski definition) is 6. The van der Waals surface area contributed by atoms with Gasteiger partial charge in [0.2, 0.25) is 15.9 Å². The summed E-state index contributed by atoms with van der Waals surface area (Å²) >= 11 is 0. The summed E-state index contributed by atoms with van der Waals surface area (Å²) in [7, 11) is -1.73. The highest BCUT2D eigenvalue weighted by molar-refractivity contribution is 7.91. The van der Waals surface area contributed by atoms with Gasteiger partial charge in [-0.25, -0.2) is 13.4 Å². The van der Waals surface area contributed by atoms with Gasteiger partial charge < -0.3 is 19.3 Å². The molecule has 0 aliphatic carbocycles. The van der Waals surface area contributed by atoms with E-state index >= 15 is 0 Å². The van der Waals surface area contributed by atoms with Crippen LogP contribution in [-0.4, -0.2) is 53.1 Å². The first-order valence-corrected chi connectivity index (χ1v) is 12.1. The Labute approximate surface area is 192 Å². The third-order valence-electron chi connectivity index (χ3n) is 5.59. The number of aliphatic hydroxyl groups excluding tert-OH is 1. The lowest BCUT2D eigenvalue weighted by Crippen LogP contribution is -2.52. The maximum atomic E-state index is 12.5. The quantitative estimate of drug-likeness (QED) is 0.519. The van der Waals surface area contributed by atoms with E-state index in [0.29, 0.717) is 17.1 Å². The van der Waals surface area contributed by atoms with Crippen molar-refractivity contribution in [3.05, 3.63) is 83.9 Å². The largest absolute Gasteiger partial charge is 0.394 e. The van der Waals surface area contributed by atoms with E-state index in [1.165, 1.54) is 0 Å². The van der Waals surface area contributed by atoms with Crippen molar-refractivity contribution < 1.29 is 23.1 Å². The molecule has 0 unspecified atom stereocenters. The minimum atomic E-state index is -3.57. The van der Waals surface area contributed by atoms with Gasteiger partial charge in [-0.1, -0.05) is 42.5 Å². The Morgan fingerprint density at radius 1 is 1.15 bits per heavy atom. The molecule has 2 N–H and O–H groups in total. The highest BCUT2D eigenvalue weighted by Gasteiger charge is 2.37. The van der Waals surface area contributed by atoms with E-state index in [0.717, 1.165) is 5.56 Å². The molecule has 1 amide bonds. The summed E-state index contributed by atoms with van der Waals surface area (Å²) in [5.41, 5.74) is 1.85. The summed E-state index contributed by atoms with van der Waals surface area (Å²) in [6.07, 6.45) is 2.90. The molecule has 174 valence electrons. The molecule has 1 saturated heterocycles. The fourth-order valence-electron chi connectivity index (χ4n) is 3.87. The number of hydrogen-bond donors (Lipinski definition) is 2. The normalized spacial score (nSPS) is 19.0. The topological polar surface area (TPSA) is 114 Å². The molecular formula is C23H26N4O5S. The third kappa shape index (κ3) is 5.41. The van der Waals surface area contributed by atoms with Gasteiger partial charge in [0.15, 0.2) is 0 Å². The number of carbonyl (C=O) groups excluding carboxylic acids is 1. The molecular weight excluding hydrogens is 444 g/mol. The zero-order valence-corrected chi connectivity index (χ0v) is 19.0. The summed E-state index contributed by atoms with van der Waals surface area (Å²) in [6, 6.07) is 15.1. The van der Waals surface area contributed by atoms with Gasteiger partial charge in [0.1, 0.15) is 18.5 Å². The monoisotopic (exact) mass is 470 g/mol. The number of amides is 1. The second-order valence-corrected chi connectivity index (χ2v) is 9.65. The van der Waals surface area contributed by atoms with Crippen LogP contribution in [0, 0.1) is 0 Å². The molecule has 0 bridgehead atoms. The van der Waals surface area contributed by atoms with Crippen molar-refractivity contribution in [2.24, 2.45) is 7.05 Å². The molecule has 0 radical (unpaired) electrons. The number of anilines is 1. The van der Waals surface area contributed by atoms with Gasteiger partial charge in [-0.15, -0.1) is 0 Å². The van der Waals surface area contributed by atoms with Crippen LogP contribution in [0.2, 0.25) is 0 Å². The van der Waals surface area contributed by atoms with Crippen molar-refractivity contribution >= 4 is 21.6 Å². The summed E-state index contributed by atoms with van der Waals surface area (Å²) < 4.78 is 35.1. The Kier molecular flexibility index (Phi) is 6.77. The van der Waals surface area contributed by atoms with Crippen LogP contribution >= 0.6 is 0 Å². The van der Waals surface area contributed by atoms with Gasteiger partial charge >= 0.3 is 0 Å². The van der Waals surface area contributed by atoms with Crippen LogP contribution in [0.15, 0.2) is 67.0 Å². The predicted octanol–water partition coefficient (Wildman–Crippen LogP) is 1.82. The van der Waals surface area contributed by atoms with Gasteiger partial charge in [0.25, 0.3) is 0 Å². The van der Waals surface area contributed by atoms with Crippen LogP contribution in [0.1, 0.15) is 23.1 Å². The number of benzene rings is 2. The predicted molar refractivity (Wildman–Crippen MR) is 122 cm³/mol. The van der Waals surface area contributed by atoms with E-state index in [2.05, 4.69) is 9.71 Å². The number of imidazole rings is 1. The highest BCUT2D eigenvalue weighted by Crippen LogP contribution is 2.31. The molecule has 2 atom stereocenters. The minimum absolute atomic E-state index is 0.114. The van der Waals surface area contributed by atoms with Crippen LogP contribution in [0.25, 0.3) is 0 Å². The lowest BCUT2D eigenvalue weighted by molar-refractivity contribution is -0.162. The number of morpholine rings is 1. The fourth-order valence-corrected chi connectivity index (χ4v) is 5.07. The van der Waals surface area contributed by atoms with Gasteiger partial charge in [-0.2, -0.15) is 0 Å². The molecule has 1 aromatic heterocycles. The van der Waals surface area contributed by atoms with Crippen molar-refractivity contribution in [1.82, 2.24) is 14.5 Å². The highest BCUT2D eigenvalue weighted by atomic mass is 32.2. The number of nitrogens with zero attached hydrogens (tertiary/aromatic N) is 3. The number of rotatable bonds is 8. The molecule has 3 aromatic rings. The molecule has 4 rings (SSSR count). The number of aromatic nitrogens is 2. The Morgan fingerprint density at radius 2 is 1.88 bits per heavy atom. The Balaban J connectivity index is 1.48. The van der Waals surface area contributed by atoms with Crippen molar-refractivity contribution in [2.75, 3.05) is 17.9 Å². The summed E-state index contributed by atoms with van der Waals surface area (Å²) in [4.78, 5) is 18.4. The van der Waals surface area contributed by atoms with Crippen LogP contribution < -0.4 is 4.72 Å². The summed E-state index contributed by atoms with van der Waals surface area (Å²) in [5.74, 6) is 0.349. The van der Waals surface area contributed by atoms with E-state index in [9.17, 15) is 18.3 Å². The van der Waals surface area contributed by atoms with E-state index in [4.69, 9.17) is 4.74 Å². The molecule has 0 spiro atoms.